The van der Waals surface area contributed by atoms with Crippen LogP contribution in [0.15, 0.2) is 84.0 Å². The van der Waals surface area contributed by atoms with E-state index in [0.29, 0.717) is 0 Å². The lowest BCUT2D eigenvalue weighted by molar-refractivity contribution is 1.30. The molecular formula is C20H14N2. The average Bonchev–Trinajstić information content (AvgIpc) is 2.59. The summed E-state index contributed by atoms with van der Waals surface area (Å²) in [6.07, 6.45) is 3.61. The number of hydrogen-bond acceptors (Lipinski definition) is 2. The van der Waals surface area contributed by atoms with Gasteiger partial charge in [0, 0.05) is 17.0 Å². The van der Waals surface area contributed by atoms with E-state index in [4.69, 9.17) is 4.99 Å². The first-order valence-electron chi connectivity index (χ1n) is 7.27. The number of fused-ring (bicyclic) bond motifs is 2. The predicted molar refractivity (Wildman–Crippen MR) is 92.9 cm³/mol. The number of hydrogen-bond donors (Lipinski definition) is 0. The molecular weight excluding hydrogens is 268 g/mol. The van der Waals surface area contributed by atoms with Crippen molar-refractivity contribution in [1.29, 1.82) is 0 Å². The van der Waals surface area contributed by atoms with Crippen LogP contribution in [0.3, 0.4) is 0 Å². The van der Waals surface area contributed by atoms with Crippen LogP contribution >= 0.6 is 0 Å². The number of rotatable bonds is 2. The van der Waals surface area contributed by atoms with Crippen molar-refractivity contribution in [3.63, 3.8) is 0 Å². The van der Waals surface area contributed by atoms with Crippen LogP contribution < -0.4 is 0 Å². The van der Waals surface area contributed by atoms with Gasteiger partial charge in [-0.1, -0.05) is 54.6 Å². The van der Waals surface area contributed by atoms with Crippen molar-refractivity contribution in [1.82, 2.24) is 4.98 Å². The Bertz CT molecular complexity index is 918. The highest BCUT2D eigenvalue weighted by Crippen LogP contribution is 2.34. The van der Waals surface area contributed by atoms with Crippen molar-refractivity contribution < 1.29 is 0 Å². The summed E-state index contributed by atoms with van der Waals surface area (Å²) in [4.78, 5) is 9.05. The summed E-state index contributed by atoms with van der Waals surface area (Å²) >= 11 is 0. The summed E-state index contributed by atoms with van der Waals surface area (Å²) in [7, 11) is 0. The average molecular weight is 282 g/mol. The Morgan fingerprint density at radius 1 is 0.727 bits per heavy atom. The number of aromatic nitrogens is 1. The molecule has 104 valence electrons. The van der Waals surface area contributed by atoms with Crippen LogP contribution in [0.5, 0.6) is 0 Å². The minimum atomic E-state index is 0.861. The quantitative estimate of drug-likeness (QED) is 0.369. The first kappa shape index (κ1) is 12.7. The van der Waals surface area contributed by atoms with Gasteiger partial charge in [0.1, 0.15) is 0 Å². The van der Waals surface area contributed by atoms with E-state index >= 15 is 0 Å². The van der Waals surface area contributed by atoms with Crippen molar-refractivity contribution >= 4 is 33.4 Å². The highest BCUT2D eigenvalue weighted by molar-refractivity contribution is 6.10. The molecule has 3 aromatic carbocycles. The molecule has 1 aromatic heterocycles. The molecule has 0 aliphatic carbocycles. The molecule has 0 fully saturated rings. The third-order valence-electron chi connectivity index (χ3n) is 3.76. The van der Waals surface area contributed by atoms with Crippen molar-refractivity contribution in [3.8, 4) is 0 Å². The van der Waals surface area contributed by atoms with Gasteiger partial charge in [-0.05, 0) is 29.0 Å². The summed E-state index contributed by atoms with van der Waals surface area (Å²) in [5, 5.41) is 4.73. The third kappa shape index (κ3) is 2.25. The van der Waals surface area contributed by atoms with Gasteiger partial charge in [0.2, 0.25) is 0 Å². The van der Waals surface area contributed by atoms with Crippen LogP contribution in [0.4, 0.5) is 5.69 Å². The Balaban J connectivity index is 1.98. The lowest BCUT2D eigenvalue weighted by Gasteiger charge is -2.07. The molecule has 4 rings (SSSR count). The van der Waals surface area contributed by atoms with Gasteiger partial charge in [0.05, 0.1) is 17.6 Å². The number of benzene rings is 3. The van der Waals surface area contributed by atoms with E-state index in [1.165, 1.54) is 10.8 Å². The molecule has 0 amide bonds. The van der Waals surface area contributed by atoms with Crippen molar-refractivity contribution in [2.24, 2.45) is 4.99 Å². The second kappa shape index (κ2) is 5.41. The number of aliphatic imine (C=N–C) groups is 1. The van der Waals surface area contributed by atoms with Gasteiger partial charge in [0.25, 0.3) is 0 Å². The Kier molecular flexibility index (Phi) is 3.13. The molecule has 0 radical (unpaired) electrons. The zero-order valence-corrected chi connectivity index (χ0v) is 12.0. The summed E-state index contributed by atoms with van der Waals surface area (Å²) in [6, 6.07) is 24.8. The van der Waals surface area contributed by atoms with Gasteiger partial charge in [0.15, 0.2) is 0 Å². The monoisotopic (exact) mass is 282 g/mol. The molecule has 2 nitrogen and oxygen atoms in total. The summed E-state index contributed by atoms with van der Waals surface area (Å²) < 4.78 is 0. The third-order valence-corrected chi connectivity index (χ3v) is 3.76. The number of nitrogens with zero attached hydrogens (tertiary/aromatic N) is 2. The van der Waals surface area contributed by atoms with Gasteiger partial charge in [-0.3, -0.25) is 9.98 Å². The SMILES string of the molecule is C(=Nc1c2ccccc2cc2ccccc12)c1ccccn1. The van der Waals surface area contributed by atoms with E-state index in [1.54, 1.807) is 6.20 Å². The first-order chi connectivity index (χ1) is 10.9. The molecule has 0 aliphatic heterocycles. The molecule has 0 bridgehead atoms. The maximum absolute atomic E-state index is 4.75. The van der Waals surface area contributed by atoms with Crippen LogP contribution in [0, 0.1) is 0 Å². The van der Waals surface area contributed by atoms with Crippen LogP contribution in [-0.2, 0) is 0 Å². The Hall–Kier alpha value is -3.00. The van der Waals surface area contributed by atoms with E-state index in [9.17, 15) is 0 Å². The molecule has 0 saturated heterocycles. The first-order valence-corrected chi connectivity index (χ1v) is 7.27. The molecule has 0 N–H and O–H groups in total. The van der Waals surface area contributed by atoms with E-state index in [-0.39, 0.29) is 0 Å². The molecule has 0 atom stereocenters. The van der Waals surface area contributed by atoms with Crippen molar-refractivity contribution in [3.05, 3.63) is 84.7 Å². The normalized spacial score (nSPS) is 11.5. The Morgan fingerprint density at radius 2 is 1.36 bits per heavy atom. The highest BCUT2D eigenvalue weighted by Gasteiger charge is 2.05. The molecule has 0 unspecified atom stereocenters. The van der Waals surface area contributed by atoms with Crippen molar-refractivity contribution in [2.45, 2.75) is 0 Å². The van der Waals surface area contributed by atoms with Crippen LogP contribution in [0.25, 0.3) is 21.5 Å². The minimum absolute atomic E-state index is 0.861. The lowest BCUT2D eigenvalue weighted by atomic mass is 10.0. The minimum Gasteiger partial charge on any atom is -0.255 e. The molecule has 0 saturated carbocycles. The fourth-order valence-electron chi connectivity index (χ4n) is 2.71. The molecule has 0 aliphatic rings. The van der Waals surface area contributed by atoms with Gasteiger partial charge >= 0.3 is 0 Å². The van der Waals surface area contributed by atoms with E-state index in [0.717, 1.165) is 22.2 Å². The maximum Gasteiger partial charge on any atom is 0.0812 e. The fourth-order valence-corrected chi connectivity index (χ4v) is 2.71. The molecule has 0 spiro atoms. The summed E-state index contributed by atoms with van der Waals surface area (Å²) in [6.45, 7) is 0. The van der Waals surface area contributed by atoms with Crippen LogP contribution in [0.1, 0.15) is 5.69 Å². The summed E-state index contributed by atoms with van der Waals surface area (Å²) in [5.74, 6) is 0. The maximum atomic E-state index is 4.75. The van der Waals surface area contributed by atoms with E-state index in [1.807, 2.05) is 24.4 Å². The van der Waals surface area contributed by atoms with Gasteiger partial charge in [-0.25, -0.2) is 0 Å². The Labute approximate surface area is 128 Å². The van der Waals surface area contributed by atoms with Crippen molar-refractivity contribution in [2.75, 3.05) is 0 Å². The smallest absolute Gasteiger partial charge is 0.0812 e. The number of pyridine rings is 1. The zero-order valence-electron chi connectivity index (χ0n) is 12.0. The predicted octanol–water partition coefficient (Wildman–Crippen LogP) is 5.14. The second-order valence-corrected chi connectivity index (χ2v) is 5.18. The Morgan fingerprint density at radius 3 is 2.00 bits per heavy atom. The van der Waals surface area contributed by atoms with Gasteiger partial charge in [-0.2, -0.15) is 0 Å². The molecule has 22 heavy (non-hydrogen) atoms. The largest absolute Gasteiger partial charge is 0.255 e. The summed E-state index contributed by atoms with van der Waals surface area (Å²) in [5.41, 5.74) is 1.86. The second-order valence-electron chi connectivity index (χ2n) is 5.18. The van der Waals surface area contributed by atoms with Crippen LogP contribution in [-0.4, -0.2) is 11.2 Å². The zero-order chi connectivity index (χ0) is 14.8. The molecule has 2 heteroatoms. The van der Waals surface area contributed by atoms with Gasteiger partial charge in [-0.15, -0.1) is 0 Å². The van der Waals surface area contributed by atoms with Gasteiger partial charge < -0.3 is 0 Å². The lowest BCUT2D eigenvalue weighted by Crippen LogP contribution is -1.85. The van der Waals surface area contributed by atoms with E-state index in [2.05, 4.69) is 59.6 Å². The van der Waals surface area contributed by atoms with Crippen LogP contribution in [0.2, 0.25) is 0 Å². The highest BCUT2D eigenvalue weighted by atomic mass is 14.8. The fraction of sp³-hybridized carbons (Fsp3) is 0. The van der Waals surface area contributed by atoms with E-state index < -0.39 is 0 Å². The topological polar surface area (TPSA) is 25.2 Å². The molecule has 4 aromatic rings. The standard InChI is InChI=1S/C20H14N2/c1-3-10-18-15(7-1)13-16-8-2-4-11-19(16)20(18)22-14-17-9-5-6-12-21-17/h1-14H. The molecule has 1 heterocycles.